The van der Waals surface area contributed by atoms with Crippen molar-refractivity contribution in [3.8, 4) is 0 Å². The van der Waals surface area contributed by atoms with E-state index in [9.17, 15) is 0 Å². The minimum absolute atomic E-state index is 0.474. The molecule has 3 atom stereocenters. The van der Waals surface area contributed by atoms with Crippen LogP contribution in [0.3, 0.4) is 0 Å². The first-order valence-electron chi connectivity index (χ1n) is 11.1. The first-order valence-corrected chi connectivity index (χ1v) is 11.1. The number of imidazole rings is 1. The topological polar surface area (TPSA) is 47.1 Å². The summed E-state index contributed by atoms with van der Waals surface area (Å²) in [7, 11) is 0. The molecule has 2 aliphatic heterocycles. The summed E-state index contributed by atoms with van der Waals surface area (Å²) < 4.78 is 2.56. The Kier molecular flexibility index (Phi) is 5.88. The van der Waals surface area contributed by atoms with Gasteiger partial charge in [-0.1, -0.05) is 44.2 Å². The number of hydrogen-bond donors (Lipinski definition) is 1. The summed E-state index contributed by atoms with van der Waals surface area (Å²) in [6.45, 7) is 8.66. The van der Waals surface area contributed by atoms with Crippen LogP contribution in [0.15, 0.2) is 36.5 Å². The van der Waals surface area contributed by atoms with Gasteiger partial charge in [0.25, 0.3) is 0 Å². The molecule has 1 aromatic carbocycles. The number of piperidine rings is 1. The molecule has 0 radical (unpaired) electrons. The van der Waals surface area contributed by atoms with Gasteiger partial charge in [0.1, 0.15) is 5.82 Å². The molecule has 4 nitrogen and oxygen atoms in total. The predicted molar refractivity (Wildman–Crippen MR) is 116 cm³/mol. The highest BCUT2D eigenvalue weighted by Crippen LogP contribution is 2.42. The average Bonchev–Trinajstić information content (AvgIpc) is 3.19. The van der Waals surface area contributed by atoms with Crippen LogP contribution in [0.2, 0.25) is 0 Å². The maximum Gasteiger partial charge on any atom is 0.105 e. The van der Waals surface area contributed by atoms with Crippen LogP contribution in [0, 0.1) is 6.92 Å². The average molecular weight is 381 g/mol. The zero-order valence-corrected chi connectivity index (χ0v) is 17.7. The molecule has 2 fully saturated rings. The minimum atomic E-state index is 0.474. The van der Waals surface area contributed by atoms with Crippen molar-refractivity contribution in [2.24, 2.45) is 5.73 Å². The van der Waals surface area contributed by atoms with Gasteiger partial charge >= 0.3 is 0 Å². The Balaban J connectivity index is 1.43. The molecule has 2 bridgehead atoms. The maximum absolute atomic E-state index is 6.12. The Labute approximate surface area is 170 Å². The Bertz CT molecular complexity index is 752. The summed E-state index contributed by atoms with van der Waals surface area (Å²) in [5, 5.41) is 0. The fraction of sp³-hybridized carbons (Fsp3) is 0.625. The summed E-state index contributed by atoms with van der Waals surface area (Å²) >= 11 is 0. The molecule has 0 spiro atoms. The standard InChI is InChI=1S/C24H36N4/c1-17(2)24-16-26-18(3)28(24)23-13-21-9-10-22(14-23)27(21)12-11-20(15-25)19-7-5-4-6-8-19/h4-8,16-17,20-23H,9-15,25H2,1-3H3. The lowest BCUT2D eigenvalue weighted by molar-refractivity contribution is 0.101. The van der Waals surface area contributed by atoms with E-state index in [2.05, 4.69) is 71.8 Å². The number of nitrogens with zero attached hydrogens (tertiary/aromatic N) is 3. The summed E-state index contributed by atoms with van der Waals surface area (Å²) in [6, 6.07) is 12.9. The van der Waals surface area contributed by atoms with Crippen molar-refractivity contribution >= 4 is 0 Å². The van der Waals surface area contributed by atoms with Crippen molar-refractivity contribution in [3.63, 3.8) is 0 Å². The van der Waals surface area contributed by atoms with Crippen molar-refractivity contribution in [2.75, 3.05) is 13.1 Å². The third-order valence-electron chi connectivity index (χ3n) is 7.12. The molecule has 0 aliphatic carbocycles. The molecule has 3 heterocycles. The van der Waals surface area contributed by atoms with E-state index in [-0.39, 0.29) is 0 Å². The molecule has 152 valence electrons. The van der Waals surface area contributed by atoms with Gasteiger partial charge in [-0.15, -0.1) is 0 Å². The molecule has 4 heteroatoms. The van der Waals surface area contributed by atoms with Gasteiger partial charge < -0.3 is 10.3 Å². The van der Waals surface area contributed by atoms with Gasteiger partial charge in [0, 0.05) is 30.0 Å². The fourth-order valence-corrected chi connectivity index (χ4v) is 5.65. The highest BCUT2D eigenvalue weighted by Gasteiger charge is 2.41. The molecule has 2 saturated heterocycles. The summed E-state index contributed by atoms with van der Waals surface area (Å²) in [6.07, 6.45) is 8.51. The zero-order chi connectivity index (χ0) is 19.7. The van der Waals surface area contributed by atoms with Crippen LogP contribution < -0.4 is 5.73 Å². The van der Waals surface area contributed by atoms with Gasteiger partial charge in [-0.2, -0.15) is 0 Å². The molecule has 28 heavy (non-hydrogen) atoms. The quantitative estimate of drug-likeness (QED) is 0.763. The van der Waals surface area contributed by atoms with E-state index in [0.717, 1.165) is 18.6 Å². The SMILES string of the molecule is Cc1ncc(C(C)C)n1C1CC2CCC(C1)N2CCC(CN)c1ccccc1. The van der Waals surface area contributed by atoms with E-state index >= 15 is 0 Å². The first-order chi connectivity index (χ1) is 13.6. The van der Waals surface area contributed by atoms with Crippen LogP contribution in [0.4, 0.5) is 0 Å². The molecule has 2 aromatic rings. The number of benzene rings is 1. The Hall–Kier alpha value is -1.65. The number of hydrogen-bond acceptors (Lipinski definition) is 3. The minimum Gasteiger partial charge on any atom is -0.330 e. The summed E-state index contributed by atoms with van der Waals surface area (Å²) in [5.74, 6) is 2.20. The van der Waals surface area contributed by atoms with Crippen molar-refractivity contribution in [1.29, 1.82) is 0 Å². The lowest BCUT2D eigenvalue weighted by Crippen LogP contribution is -2.44. The molecule has 2 aliphatic rings. The zero-order valence-electron chi connectivity index (χ0n) is 17.7. The van der Waals surface area contributed by atoms with E-state index < -0.39 is 0 Å². The largest absolute Gasteiger partial charge is 0.330 e. The van der Waals surface area contributed by atoms with Crippen LogP contribution >= 0.6 is 0 Å². The Morgan fingerprint density at radius 2 is 1.75 bits per heavy atom. The smallest absolute Gasteiger partial charge is 0.105 e. The van der Waals surface area contributed by atoms with Gasteiger partial charge in [-0.25, -0.2) is 4.98 Å². The second kappa shape index (κ2) is 8.38. The number of nitrogens with two attached hydrogens (primary N) is 1. The highest BCUT2D eigenvalue weighted by molar-refractivity contribution is 5.20. The second-order valence-corrected chi connectivity index (χ2v) is 9.14. The van der Waals surface area contributed by atoms with Crippen LogP contribution in [-0.2, 0) is 0 Å². The van der Waals surface area contributed by atoms with Gasteiger partial charge in [0.2, 0.25) is 0 Å². The van der Waals surface area contributed by atoms with Crippen LogP contribution in [0.25, 0.3) is 0 Å². The molecular weight excluding hydrogens is 344 g/mol. The lowest BCUT2D eigenvalue weighted by atomic mass is 9.92. The number of aromatic nitrogens is 2. The summed E-state index contributed by atoms with van der Waals surface area (Å²) in [4.78, 5) is 7.45. The van der Waals surface area contributed by atoms with Crippen molar-refractivity contribution < 1.29 is 0 Å². The van der Waals surface area contributed by atoms with Gasteiger partial charge in [-0.3, -0.25) is 4.90 Å². The molecular formula is C24H36N4. The Morgan fingerprint density at radius 1 is 1.07 bits per heavy atom. The monoisotopic (exact) mass is 380 g/mol. The highest BCUT2D eigenvalue weighted by atomic mass is 15.2. The third-order valence-corrected chi connectivity index (χ3v) is 7.12. The van der Waals surface area contributed by atoms with Crippen LogP contribution in [0.5, 0.6) is 0 Å². The van der Waals surface area contributed by atoms with E-state index in [1.165, 1.54) is 55.7 Å². The summed E-state index contributed by atoms with van der Waals surface area (Å²) in [5.41, 5.74) is 8.92. The van der Waals surface area contributed by atoms with Crippen LogP contribution in [-0.4, -0.2) is 39.6 Å². The number of aryl methyl sites for hydroxylation is 1. The van der Waals surface area contributed by atoms with Gasteiger partial charge in [0.05, 0.1) is 0 Å². The normalized spacial score (nSPS) is 26.1. The number of rotatable bonds is 7. The van der Waals surface area contributed by atoms with E-state index in [1.54, 1.807) is 0 Å². The van der Waals surface area contributed by atoms with Crippen LogP contribution in [0.1, 0.15) is 80.9 Å². The molecule has 1 aromatic heterocycles. The predicted octanol–water partition coefficient (Wildman–Crippen LogP) is 4.62. The lowest BCUT2D eigenvalue weighted by Gasteiger charge is -2.41. The first kappa shape index (κ1) is 19.7. The maximum atomic E-state index is 6.12. The molecule has 2 N–H and O–H groups in total. The van der Waals surface area contributed by atoms with Crippen molar-refractivity contribution in [1.82, 2.24) is 14.5 Å². The van der Waals surface area contributed by atoms with E-state index in [1.807, 2.05) is 0 Å². The fourth-order valence-electron chi connectivity index (χ4n) is 5.65. The van der Waals surface area contributed by atoms with Crippen molar-refractivity contribution in [2.45, 2.75) is 82.8 Å². The van der Waals surface area contributed by atoms with Gasteiger partial charge in [-0.05, 0) is 69.5 Å². The van der Waals surface area contributed by atoms with E-state index in [0.29, 0.717) is 17.9 Å². The molecule has 3 unspecified atom stereocenters. The van der Waals surface area contributed by atoms with Gasteiger partial charge in [0.15, 0.2) is 0 Å². The second-order valence-electron chi connectivity index (χ2n) is 9.14. The third kappa shape index (κ3) is 3.77. The Morgan fingerprint density at radius 3 is 2.36 bits per heavy atom. The molecule has 0 amide bonds. The number of fused-ring (bicyclic) bond motifs is 2. The van der Waals surface area contributed by atoms with E-state index in [4.69, 9.17) is 5.73 Å². The molecule has 0 saturated carbocycles. The van der Waals surface area contributed by atoms with Crippen molar-refractivity contribution in [3.05, 3.63) is 53.6 Å². The molecule has 4 rings (SSSR count).